The predicted molar refractivity (Wildman–Crippen MR) is 120 cm³/mol. The Labute approximate surface area is 185 Å². The van der Waals surface area contributed by atoms with Crippen molar-refractivity contribution in [1.82, 2.24) is 9.47 Å². The van der Waals surface area contributed by atoms with E-state index in [1.165, 1.54) is 7.11 Å². The van der Waals surface area contributed by atoms with Gasteiger partial charge in [-0.05, 0) is 41.6 Å². The summed E-state index contributed by atoms with van der Waals surface area (Å²) in [5.41, 5.74) is 3.01. The van der Waals surface area contributed by atoms with Crippen LogP contribution in [-0.2, 0) is 20.9 Å². The molecular formula is C22H17BrN2O4S. The first-order valence-corrected chi connectivity index (χ1v) is 10.7. The van der Waals surface area contributed by atoms with E-state index in [1.807, 2.05) is 42.6 Å². The molecular weight excluding hydrogens is 468 g/mol. The Hall–Kier alpha value is -2.84. The van der Waals surface area contributed by atoms with Crippen molar-refractivity contribution in [2.24, 2.45) is 0 Å². The molecule has 2 amide bonds. The average Bonchev–Trinajstić information content (AvgIpc) is 3.22. The van der Waals surface area contributed by atoms with E-state index in [0.29, 0.717) is 6.54 Å². The van der Waals surface area contributed by atoms with E-state index in [2.05, 4.69) is 37.4 Å². The van der Waals surface area contributed by atoms with Crippen LogP contribution in [0.2, 0.25) is 0 Å². The molecule has 4 rings (SSSR count). The lowest BCUT2D eigenvalue weighted by atomic mass is 10.1. The fourth-order valence-corrected chi connectivity index (χ4v) is 4.37. The molecule has 1 fully saturated rings. The summed E-state index contributed by atoms with van der Waals surface area (Å²) in [4.78, 5) is 37.5. The zero-order valence-electron chi connectivity index (χ0n) is 16.0. The highest BCUT2D eigenvalue weighted by Gasteiger charge is 2.36. The number of imide groups is 1. The normalized spacial score (nSPS) is 15.4. The first kappa shape index (κ1) is 20.4. The minimum absolute atomic E-state index is 0.287. The molecule has 2 heterocycles. The summed E-state index contributed by atoms with van der Waals surface area (Å²) in [5.74, 6) is -1.12. The highest BCUT2D eigenvalue weighted by molar-refractivity contribution is 9.10. The molecule has 6 nitrogen and oxygen atoms in total. The number of para-hydroxylation sites is 1. The van der Waals surface area contributed by atoms with Gasteiger partial charge in [0.05, 0.1) is 12.0 Å². The maximum atomic E-state index is 12.6. The Morgan fingerprint density at radius 1 is 1.13 bits per heavy atom. The largest absolute Gasteiger partial charge is 0.468 e. The second-order valence-electron chi connectivity index (χ2n) is 6.70. The molecule has 0 aliphatic carbocycles. The van der Waals surface area contributed by atoms with Gasteiger partial charge in [-0.2, -0.15) is 0 Å². The van der Waals surface area contributed by atoms with Gasteiger partial charge >= 0.3 is 5.97 Å². The van der Waals surface area contributed by atoms with E-state index in [-0.39, 0.29) is 11.4 Å². The van der Waals surface area contributed by atoms with Gasteiger partial charge in [0, 0.05) is 33.7 Å². The lowest BCUT2D eigenvalue weighted by molar-refractivity contribution is -0.143. The maximum absolute atomic E-state index is 12.6. The van der Waals surface area contributed by atoms with Gasteiger partial charge in [0.25, 0.3) is 11.1 Å². The summed E-state index contributed by atoms with van der Waals surface area (Å²) >= 11 is 4.28. The van der Waals surface area contributed by atoms with Gasteiger partial charge in [0.1, 0.15) is 6.54 Å². The number of nitrogens with zero attached hydrogens (tertiary/aromatic N) is 2. The molecule has 0 radical (unpaired) electrons. The molecule has 1 aromatic heterocycles. The third-order valence-electron chi connectivity index (χ3n) is 4.76. The number of halogens is 1. The number of fused-ring (bicyclic) bond motifs is 1. The van der Waals surface area contributed by atoms with Crippen molar-refractivity contribution in [3.8, 4) is 0 Å². The Balaban J connectivity index is 1.68. The Bertz CT molecular complexity index is 1180. The summed E-state index contributed by atoms with van der Waals surface area (Å²) in [7, 11) is 1.22. The van der Waals surface area contributed by atoms with Gasteiger partial charge in [-0.15, -0.1) is 0 Å². The van der Waals surface area contributed by atoms with Crippen LogP contribution in [0.1, 0.15) is 11.1 Å². The minimum Gasteiger partial charge on any atom is -0.468 e. The van der Waals surface area contributed by atoms with Crippen LogP contribution < -0.4 is 0 Å². The van der Waals surface area contributed by atoms with Crippen LogP contribution in [0.3, 0.4) is 0 Å². The molecule has 1 aliphatic rings. The minimum atomic E-state index is -0.635. The van der Waals surface area contributed by atoms with Gasteiger partial charge in [-0.1, -0.05) is 46.3 Å². The molecule has 8 heteroatoms. The Morgan fingerprint density at radius 3 is 2.60 bits per heavy atom. The van der Waals surface area contributed by atoms with Crippen LogP contribution in [-0.4, -0.2) is 40.2 Å². The van der Waals surface area contributed by atoms with Crippen LogP contribution in [0.25, 0.3) is 17.0 Å². The SMILES string of the molecule is COC(=O)CN1C(=O)S/C(=C\c2cn(Cc3ccc(Br)cc3)c3ccccc23)C1=O. The highest BCUT2D eigenvalue weighted by Crippen LogP contribution is 2.34. The topological polar surface area (TPSA) is 68.6 Å². The van der Waals surface area contributed by atoms with Crippen molar-refractivity contribution in [2.45, 2.75) is 6.54 Å². The quantitative estimate of drug-likeness (QED) is 0.389. The Kier molecular flexibility index (Phi) is 5.78. The summed E-state index contributed by atoms with van der Waals surface area (Å²) in [6.45, 7) is 0.287. The molecule has 3 aromatic rings. The van der Waals surface area contributed by atoms with Crippen LogP contribution in [0.5, 0.6) is 0 Å². The lowest BCUT2D eigenvalue weighted by Gasteiger charge is -2.09. The number of thioether (sulfide) groups is 1. The number of carbonyl (C=O) groups excluding carboxylic acids is 3. The molecule has 0 spiro atoms. The summed E-state index contributed by atoms with van der Waals surface area (Å²) in [6.07, 6.45) is 3.68. The lowest BCUT2D eigenvalue weighted by Crippen LogP contribution is -2.34. The standard InChI is InChI=1S/C22H17BrN2O4S/c1-29-20(26)13-25-21(27)19(30-22(25)28)10-15-12-24(18-5-3-2-4-17(15)18)11-14-6-8-16(23)9-7-14/h2-10,12H,11,13H2,1H3/b19-10-. The molecule has 0 N–H and O–H groups in total. The number of methoxy groups -OCH3 is 1. The fraction of sp³-hybridized carbons (Fsp3) is 0.136. The van der Waals surface area contributed by atoms with Gasteiger partial charge < -0.3 is 9.30 Å². The van der Waals surface area contributed by atoms with Crippen molar-refractivity contribution in [3.05, 3.63) is 75.2 Å². The molecule has 1 aliphatic heterocycles. The molecule has 152 valence electrons. The highest BCUT2D eigenvalue weighted by atomic mass is 79.9. The van der Waals surface area contributed by atoms with Gasteiger partial charge in [0.2, 0.25) is 0 Å². The Morgan fingerprint density at radius 2 is 1.87 bits per heavy atom. The number of ether oxygens (including phenoxy) is 1. The van der Waals surface area contributed by atoms with E-state index < -0.39 is 17.1 Å². The third kappa shape index (κ3) is 4.06. The molecule has 0 bridgehead atoms. The van der Waals surface area contributed by atoms with E-state index in [0.717, 1.165) is 43.2 Å². The van der Waals surface area contributed by atoms with Crippen molar-refractivity contribution in [3.63, 3.8) is 0 Å². The van der Waals surface area contributed by atoms with Crippen LogP contribution >= 0.6 is 27.7 Å². The first-order valence-electron chi connectivity index (χ1n) is 9.11. The summed E-state index contributed by atoms with van der Waals surface area (Å²) in [5, 5.41) is 0.504. The smallest absolute Gasteiger partial charge is 0.325 e. The monoisotopic (exact) mass is 484 g/mol. The third-order valence-corrected chi connectivity index (χ3v) is 6.20. The zero-order chi connectivity index (χ0) is 21.3. The van der Waals surface area contributed by atoms with Crippen LogP contribution in [0.4, 0.5) is 4.79 Å². The number of hydrogen-bond acceptors (Lipinski definition) is 5. The van der Waals surface area contributed by atoms with E-state index in [9.17, 15) is 14.4 Å². The summed E-state index contributed by atoms with van der Waals surface area (Å²) < 4.78 is 7.70. The molecule has 1 saturated heterocycles. The number of esters is 1. The van der Waals surface area contributed by atoms with E-state index in [4.69, 9.17) is 0 Å². The van der Waals surface area contributed by atoms with Crippen molar-refractivity contribution in [1.29, 1.82) is 0 Å². The van der Waals surface area contributed by atoms with Gasteiger partial charge in [-0.25, -0.2) is 0 Å². The first-order chi connectivity index (χ1) is 14.5. The van der Waals surface area contributed by atoms with Crippen LogP contribution in [0, 0.1) is 0 Å². The van der Waals surface area contributed by atoms with Crippen molar-refractivity contribution < 1.29 is 19.1 Å². The fourth-order valence-electron chi connectivity index (χ4n) is 3.28. The molecule has 30 heavy (non-hydrogen) atoms. The van der Waals surface area contributed by atoms with E-state index >= 15 is 0 Å². The second kappa shape index (κ2) is 8.49. The van der Waals surface area contributed by atoms with Crippen molar-refractivity contribution in [2.75, 3.05) is 13.7 Å². The van der Waals surface area contributed by atoms with Crippen LogP contribution in [0.15, 0.2) is 64.1 Å². The number of rotatable bonds is 5. The predicted octanol–water partition coefficient (Wildman–Crippen LogP) is 4.66. The molecule has 0 atom stereocenters. The van der Waals surface area contributed by atoms with Crippen molar-refractivity contribution >= 4 is 61.8 Å². The molecule has 0 unspecified atom stereocenters. The number of aromatic nitrogens is 1. The average molecular weight is 485 g/mol. The van der Waals surface area contributed by atoms with Gasteiger partial charge in [0.15, 0.2) is 0 Å². The molecule has 2 aromatic carbocycles. The maximum Gasteiger partial charge on any atom is 0.325 e. The number of hydrogen-bond donors (Lipinski definition) is 0. The van der Waals surface area contributed by atoms with E-state index in [1.54, 1.807) is 6.08 Å². The summed E-state index contributed by atoms with van der Waals surface area (Å²) in [6, 6.07) is 16.0. The second-order valence-corrected chi connectivity index (χ2v) is 8.61. The molecule has 0 saturated carbocycles. The zero-order valence-corrected chi connectivity index (χ0v) is 18.4. The number of amides is 2. The number of carbonyl (C=O) groups is 3. The van der Waals surface area contributed by atoms with Gasteiger partial charge in [-0.3, -0.25) is 19.3 Å². The number of benzene rings is 2.